The highest BCUT2D eigenvalue weighted by Gasteiger charge is 2.48. The van der Waals surface area contributed by atoms with Crippen molar-refractivity contribution in [2.24, 2.45) is 5.41 Å². The van der Waals surface area contributed by atoms with Crippen molar-refractivity contribution in [3.63, 3.8) is 0 Å². The highest BCUT2D eigenvalue weighted by atomic mass is 16.5. The van der Waals surface area contributed by atoms with Crippen molar-refractivity contribution in [3.05, 3.63) is 0 Å². The molecule has 0 aromatic rings. The van der Waals surface area contributed by atoms with E-state index in [2.05, 4.69) is 26.1 Å². The van der Waals surface area contributed by atoms with Gasteiger partial charge in [0, 0.05) is 31.3 Å². The van der Waals surface area contributed by atoms with E-state index in [1.165, 1.54) is 6.42 Å². The maximum atomic E-state index is 5.75. The van der Waals surface area contributed by atoms with Crippen LogP contribution in [0.1, 0.15) is 46.5 Å². The van der Waals surface area contributed by atoms with Gasteiger partial charge in [-0.25, -0.2) is 0 Å². The lowest BCUT2D eigenvalue weighted by Gasteiger charge is -2.52. The van der Waals surface area contributed by atoms with E-state index < -0.39 is 0 Å². The van der Waals surface area contributed by atoms with Crippen LogP contribution in [-0.4, -0.2) is 51.2 Å². The Bertz CT molecular complexity index is 277. The third-order valence-electron chi connectivity index (χ3n) is 4.73. The fourth-order valence-corrected chi connectivity index (χ4v) is 3.16. The smallest absolute Gasteiger partial charge is 0.0809 e. The van der Waals surface area contributed by atoms with Crippen LogP contribution in [0.2, 0.25) is 0 Å². The molecular formula is C16H31NO3. The van der Waals surface area contributed by atoms with Gasteiger partial charge in [0.15, 0.2) is 0 Å². The van der Waals surface area contributed by atoms with Gasteiger partial charge in [0.2, 0.25) is 0 Å². The number of hydrogen-bond donors (Lipinski definition) is 1. The van der Waals surface area contributed by atoms with Crippen molar-refractivity contribution in [2.75, 3.05) is 33.0 Å². The number of ether oxygens (including phenoxy) is 3. The SMILES string of the molecule is CCOC1CC(NCCCOCC2CCCO2)C1(C)C. The Kier molecular flexibility index (Phi) is 6.27. The molecule has 0 aromatic heterocycles. The van der Waals surface area contributed by atoms with Gasteiger partial charge in [-0.1, -0.05) is 13.8 Å². The average molecular weight is 285 g/mol. The van der Waals surface area contributed by atoms with Crippen LogP contribution >= 0.6 is 0 Å². The van der Waals surface area contributed by atoms with Crippen LogP contribution in [0.4, 0.5) is 0 Å². The molecule has 0 radical (unpaired) electrons. The van der Waals surface area contributed by atoms with Crippen LogP contribution in [0.5, 0.6) is 0 Å². The second-order valence-corrected chi connectivity index (χ2v) is 6.57. The van der Waals surface area contributed by atoms with Crippen LogP contribution < -0.4 is 5.32 Å². The van der Waals surface area contributed by atoms with Crippen molar-refractivity contribution < 1.29 is 14.2 Å². The van der Waals surface area contributed by atoms with Gasteiger partial charge in [-0.05, 0) is 39.2 Å². The molecule has 3 unspecified atom stereocenters. The molecule has 0 spiro atoms. The van der Waals surface area contributed by atoms with Gasteiger partial charge in [0.05, 0.1) is 18.8 Å². The lowest BCUT2D eigenvalue weighted by Crippen LogP contribution is -2.61. The van der Waals surface area contributed by atoms with Crippen molar-refractivity contribution in [1.82, 2.24) is 5.32 Å². The molecule has 4 nitrogen and oxygen atoms in total. The third kappa shape index (κ3) is 4.17. The second-order valence-electron chi connectivity index (χ2n) is 6.57. The second kappa shape index (κ2) is 7.74. The van der Waals surface area contributed by atoms with E-state index in [1.807, 2.05) is 0 Å². The molecule has 3 atom stereocenters. The van der Waals surface area contributed by atoms with E-state index >= 15 is 0 Å². The first kappa shape index (κ1) is 16.2. The fraction of sp³-hybridized carbons (Fsp3) is 1.00. The Morgan fingerprint density at radius 3 is 2.85 bits per heavy atom. The first-order chi connectivity index (χ1) is 9.64. The summed E-state index contributed by atoms with van der Waals surface area (Å²) < 4.78 is 17.0. The zero-order valence-electron chi connectivity index (χ0n) is 13.3. The van der Waals surface area contributed by atoms with Gasteiger partial charge in [-0.3, -0.25) is 0 Å². The molecule has 1 saturated carbocycles. The van der Waals surface area contributed by atoms with Crippen LogP contribution in [0.3, 0.4) is 0 Å². The lowest BCUT2D eigenvalue weighted by molar-refractivity contribution is -0.114. The lowest BCUT2D eigenvalue weighted by atomic mass is 9.64. The molecule has 0 aromatic carbocycles. The maximum Gasteiger partial charge on any atom is 0.0809 e. The molecule has 0 amide bonds. The molecule has 0 bridgehead atoms. The molecule has 1 saturated heterocycles. The molecule has 4 heteroatoms. The molecule has 2 fully saturated rings. The Morgan fingerprint density at radius 1 is 1.35 bits per heavy atom. The number of nitrogens with one attached hydrogen (secondary N) is 1. The standard InChI is InChI=1S/C16H31NO3/c1-4-19-15-11-14(16(15,2)3)17-8-6-9-18-12-13-7-5-10-20-13/h13-15,17H,4-12H2,1-3H3. The third-order valence-corrected chi connectivity index (χ3v) is 4.73. The van der Waals surface area contributed by atoms with Crippen LogP contribution in [0.15, 0.2) is 0 Å². The fourth-order valence-electron chi connectivity index (χ4n) is 3.16. The quantitative estimate of drug-likeness (QED) is 0.660. The minimum Gasteiger partial charge on any atom is -0.379 e. The first-order valence-electron chi connectivity index (χ1n) is 8.19. The first-order valence-corrected chi connectivity index (χ1v) is 8.19. The summed E-state index contributed by atoms with van der Waals surface area (Å²) in [6, 6.07) is 0.581. The van der Waals surface area contributed by atoms with Crippen molar-refractivity contribution >= 4 is 0 Å². The topological polar surface area (TPSA) is 39.7 Å². The summed E-state index contributed by atoms with van der Waals surface area (Å²) in [7, 11) is 0. The molecule has 118 valence electrons. The van der Waals surface area contributed by atoms with Gasteiger partial charge in [0.25, 0.3) is 0 Å². The molecule has 1 aliphatic carbocycles. The van der Waals surface area contributed by atoms with E-state index in [0.29, 0.717) is 18.2 Å². The Labute approximate surface area is 123 Å². The number of rotatable bonds is 9. The van der Waals surface area contributed by atoms with E-state index in [1.54, 1.807) is 0 Å². The van der Waals surface area contributed by atoms with Crippen LogP contribution in [-0.2, 0) is 14.2 Å². The zero-order valence-corrected chi connectivity index (χ0v) is 13.3. The summed E-state index contributed by atoms with van der Waals surface area (Å²) in [5.74, 6) is 0. The predicted octanol–water partition coefficient (Wildman–Crippen LogP) is 2.37. The van der Waals surface area contributed by atoms with Crippen molar-refractivity contribution in [1.29, 1.82) is 0 Å². The molecule has 20 heavy (non-hydrogen) atoms. The molecular weight excluding hydrogens is 254 g/mol. The largest absolute Gasteiger partial charge is 0.379 e. The zero-order chi connectivity index (χ0) is 14.4. The molecule has 2 aliphatic rings. The molecule has 1 heterocycles. The minimum atomic E-state index is 0.258. The van der Waals surface area contributed by atoms with Gasteiger partial charge in [-0.15, -0.1) is 0 Å². The summed E-state index contributed by atoms with van der Waals surface area (Å²) in [5, 5.41) is 3.63. The van der Waals surface area contributed by atoms with Gasteiger partial charge in [0.1, 0.15) is 0 Å². The van der Waals surface area contributed by atoms with E-state index in [9.17, 15) is 0 Å². The van der Waals surface area contributed by atoms with Crippen molar-refractivity contribution in [2.45, 2.75) is 64.7 Å². The van der Waals surface area contributed by atoms with E-state index in [-0.39, 0.29) is 5.41 Å². The number of hydrogen-bond acceptors (Lipinski definition) is 4. The minimum absolute atomic E-state index is 0.258. The van der Waals surface area contributed by atoms with Gasteiger partial charge in [-0.2, -0.15) is 0 Å². The molecule has 1 N–H and O–H groups in total. The highest BCUT2D eigenvalue weighted by Crippen LogP contribution is 2.42. The van der Waals surface area contributed by atoms with Crippen molar-refractivity contribution in [3.8, 4) is 0 Å². The summed E-state index contributed by atoms with van der Waals surface area (Å²) >= 11 is 0. The normalized spacial score (nSPS) is 32.2. The summed E-state index contributed by atoms with van der Waals surface area (Å²) in [6.07, 6.45) is 5.32. The predicted molar refractivity (Wildman–Crippen MR) is 80.0 cm³/mol. The van der Waals surface area contributed by atoms with E-state index in [4.69, 9.17) is 14.2 Å². The summed E-state index contributed by atoms with van der Waals surface area (Å²) in [4.78, 5) is 0. The summed E-state index contributed by atoms with van der Waals surface area (Å²) in [6.45, 7) is 11.0. The Hall–Kier alpha value is -0.160. The molecule has 1 aliphatic heterocycles. The van der Waals surface area contributed by atoms with E-state index in [0.717, 1.165) is 52.2 Å². The van der Waals surface area contributed by atoms with Gasteiger partial charge < -0.3 is 19.5 Å². The Balaban J connectivity index is 1.47. The average Bonchev–Trinajstić information content (AvgIpc) is 2.93. The maximum absolute atomic E-state index is 5.75. The Morgan fingerprint density at radius 2 is 2.20 bits per heavy atom. The highest BCUT2D eigenvalue weighted by molar-refractivity contribution is 5.02. The summed E-state index contributed by atoms with van der Waals surface area (Å²) in [5.41, 5.74) is 0.258. The van der Waals surface area contributed by atoms with Crippen LogP contribution in [0.25, 0.3) is 0 Å². The monoisotopic (exact) mass is 285 g/mol. The molecule has 2 rings (SSSR count). The van der Waals surface area contributed by atoms with Crippen LogP contribution in [0, 0.1) is 5.41 Å². The van der Waals surface area contributed by atoms with Gasteiger partial charge >= 0.3 is 0 Å².